The van der Waals surface area contributed by atoms with Crippen molar-refractivity contribution in [2.75, 3.05) is 31.7 Å². The van der Waals surface area contributed by atoms with E-state index < -0.39 is 8.80 Å². The summed E-state index contributed by atoms with van der Waals surface area (Å²) < 4.78 is 18.3. The van der Waals surface area contributed by atoms with Crippen molar-refractivity contribution in [2.45, 2.75) is 33.2 Å². The number of nitrogens with one attached hydrogen (secondary N) is 1. The van der Waals surface area contributed by atoms with E-state index >= 15 is 0 Å². The van der Waals surface area contributed by atoms with Crippen LogP contribution in [-0.4, -0.2) is 78.1 Å². The van der Waals surface area contributed by atoms with E-state index in [0.717, 1.165) is 50.0 Å². The van der Waals surface area contributed by atoms with Gasteiger partial charge >= 0.3 is 145 Å². The summed E-state index contributed by atoms with van der Waals surface area (Å²) >= 11 is 0.821. The summed E-state index contributed by atoms with van der Waals surface area (Å²) in [6.45, 7) is 8.48. The molecule has 9 heteroatoms. The Morgan fingerprint density at radius 2 is 1.71 bits per heavy atom. The number of hydrogen-bond acceptors (Lipinski definition) is 7. The topological polar surface area (TPSA) is 78.4 Å². The number of rotatable bonds is 11. The van der Waals surface area contributed by atoms with Crippen LogP contribution in [-0.2, 0) is 13.3 Å². The van der Waals surface area contributed by atoms with Gasteiger partial charge in [0.15, 0.2) is 0 Å². The maximum absolute atomic E-state index is 5.81. The van der Waals surface area contributed by atoms with Crippen LogP contribution >= 0.6 is 0 Å². The second kappa shape index (κ2) is 10.6. The predicted octanol–water partition coefficient (Wildman–Crippen LogP) is 0.516. The summed E-state index contributed by atoms with van der Waals surface area (Å²) in [6, 6.07) is 0.786. The quantitative estimate of drug-likeness (QED) is 0.470. The maximum atomic E-state index is 5.81. The Kier molecular flexibility index (Phi) is 9.57. The molecule has 0 aromatic carbocycles. The van der Waals surface area contributed by atoms with Crippen molar-refractivity contribution < 1.29 is 13.3 Å². The Hall–Kier alpha value is -0.0931. The van der Waals surface area contributed by atoms with Gasteiger partial charge in [-0.15, -0.1) is 0 Å². The minimum absolute atomic E-state index is 0.608. The molecule has 0 aliphatic rings. The molecule has 1 N–H and O–H groups in total. The Labute approximate surface area is 145 Å². The predicted molar refractivity (Wildman–Crippen MR) is 83.8 cm³/mol. The van der Waals surface area contributed by atoms with Crippen molar-refractivity contribution >= 4 is 45.8 Å². The van der Waals surface area contributed by atoms with Gasteiger partial charge in [0.25, 0.3) is 0 Å². The van der Waals surface area contributed by atoms with Crippen LogP contribution in [0, 0.1) is 0 Å². The Morgan fingerprint density at radius 3 is 2.24 bits per heavy atom. The first-order valence-electron chi connectivity index (χ1n) is 7.47. The average Bonchev–Trinajstić information content (AvgIpc) is 2.45. The van der Waals surface area contributed by atoms with Gasteiger partial charge in [-0.1, -0.05) is 0 Å². The first-order chi connectivity index (χ1) is 10.2. The molecule has 0 atom stereocenters. The van der Waals surface area contributed by atoms with Gasteiger partial charge < -0.3 is 0 Å². The van der Waals surface area contributed by atoms with Gasteiger partial charge in [-0.05, 0) is 0 Å². The number of nitrogens with zero attached hydrogens (tertiary/aromatic N) is 3. The molecule has 1 aromatic heterocycles. The Balaban J connectivity index is 2.45. The van der Waals surface area contributed by atoms with Crippen LogP contribution in [0.15, 0.2) is 6.33 Å². The fraction of sp³-hybridized carbons (Fsp3) is 0.750. The third kappa shape index (κ3) is 7.14. The molecule has 0 radical (unpaired) electrons. The molecule has 0 unspecified atom stereocenters. The fourth-order valence-electron chi connectivity index (χ4n) is 1.97. The molecule has 0 spiro atoms. The molecule has 0 amide bonds. The van der Waals surface area contributed by atoms with E-state index in [4.69, 9.17) is 13.3 Å². The zero-order chi connectivity index (χ0) is 15.6. The summed E-state index contributed by atoms with van der Waals surface area (Å²) in [5.74, 6) is 0.631. The molecule has 21 heavy (non-hydrogen) atoms. The molecular formula is C12H23N4NaO3Si. The van der Waals surface area contributed by atoms with Crippen molar-refractivity contribution in [3.8, 4) is 0 Å². The molecule has 7 nitrogen and oxygen atoms in total. The number of anilines is 1. The monoisotopic (exact) mass is 322 g/mol. The van der Waals surface area contributed by atoms with E-state index in [2.05, 4.69) is 20.3 Å². The minimum atomic E-state index is -2.53. The van der Waals surface area contributed by atoms with E-state index in [1.807, 2.05) is 20.8 Å². The summed E-state index contributed by atoms with van der Waals surface area (Å²) in [4.78, 5) is 12.4. The SMILES string of the molecule is CCO[Si](CCCNc1ncn[c]([Na])n1)(OCC)OCC. The van der Waals surface area contributed by atoms with Gasteiger partial charge in [0.2, 0.25) is 0 Å². The summed E-state index contributed by atoms with van der Waals surface area (Å²) in [6.07, 6.45) is 2.42. The fourth-order valence-corrected chi connectivity index (χ4v) is 4.91. The van der Waals surface area contributed by atoms with Crippen LogP contribution in [0.5, 0.6) is 0 Å². The molecule has 114 valence electrons. The average molecular weight is 322 g/mol. The molecule has 0 bridgehead atoms. The van der Waals surface area contributed by atoms with Crippen molar-refractivity contribution in [1.82, 2.24) is 15.0 Å². The molecular weight excluding hydrogens is 299 g/mol. The first-order valence-corrected chi connectivity index (χ1v) is 10.4. The first kappa shape index (κ1) is 19.0. The van der Waals surface area contributed by atoms with Crippen molar-refractivity contribution in [2.24, 2.45) is 0 Å². The van der Waals surface area contributed by atoms with Crippen LogP contribution in [0.4, 0.5) is 5.95 Å². The Bertz CT molecular complexity index is 397. The second-order valence-electron chi connectivity index (χ2n) is 4.37. The van der Waals surface area contributed by atoms with Gasteiger partial charge in [0, 0.05) is 0 Å². The number of aromatic nitrogens is 3. The van der Waals surface area contributed by atoms with Crippen LogP contribution in [0.25, 0.3) is 0 Å². The van der Waals surface area contributed by atoms with Crippen LogP contribution in [0.3, 0.4) is 0 Å². The van der Waals surface area contributed by atoms with E-state index in [0.29, 0.717) is 25.8 Å². The molecule has 0 saturated carbocycles. The van der Waals surface area contributed by atoms with Gasteiger partial charge in [0.1, 0.15) is 0 Å². The second-order valence-corrected chi connectivity index (χ2v) is 8.00. The molecule has 0 fully saturated rings. The van der Waals surface area contributed by atoms with Crippen molar-refractivity contribution in [3.05, 3.63) is 6.33 Å². The van der Waals surface area contributed by atoms with Gasteiger partial charge in [-0.2, -0.15) is 0 Å². The van der Waals surface area contributed by atoms with Crippen LogP contribution in [0.1, 0.15) is 27.2 Å². The summed E-state index contributed by atoms with van der Waals surface area (Å²) in [5, 5.41) is 3.20. The summed E-state index contributed by atoms with van der Waals surface area (Å²) in [5.41, 5.74) is 0. The van der Waals surface area contributed by atoms with Crippen molar-refractivity contribution in [1.29, 1.82) is 0 Å². The van der Waals surface area contributed by atoms with E-state index in [9.17, 15) is 0 Å². The van der Waals surface area contributed by atoms with Crippen LogP contribution < -0.4 is 8.39 Å². The van der Waals surface area contributed by atoms with Gasteiger partial charge in [0.05, 0.1) is 0 Å². The Morgan fingerprint density at radius 1 is 1.10 bits per heavy atom. The molecule has 0 aliphatic carbocycles. The van der Waals surface area contributed by atoms with Gasteiger partial charge in [-0.3, -0.25) is 0 Å². The standard InChI is InChI=1S/C12H23N4O3Si.Na/c1-4-17-20(18-5-2,19-6-3)9-7-8-14-12-15-10-13-11-16-12;/h10H,4-9H2,1-3H3,(H,13,14,15,16);. The molecule has 0 saturated heterocycles. The number of hydrogen-bond donors (Lipinski definition) is 1. The normalized spacial score (nSPS) is 11.7. The molecule has 1 rings (SSSR count). The third-order valence-electron chi connectivity index (χ3n) is 2.73. The summed E-state index contributed by atoms with van der Waals surface area (Å²) in [7, 11) is -2.53. The van der Waals surface area contributed by atoms with Gasteiger partial charge in [-0.25, -0.2) is 0 Å². The molecule has 1 aromatic rings. The van der Waals surface area contributed by atoms with E-state index in [1.54, 1.807) is 0 Å². The zero-order valence-electron chi connectivity index (χ0n) is 13.4. The van der Waals surface area contributed by atoms with E-state index in [1.165, 1.54) is 6.33 Å². The zero-order valence-corrected chi connectivity index (χ0v) is 16.4. The van der Waals surface area contributed by atoms with E-state index in [-0.39, 0.29) is 0 Å². The van der Waals surface area contributed by atoms with Crippen molar-refractivity contribution in [3.63, 3.8) is 0 Å². The third-order valence-corrected chi connectivity index (χ3v) is 6.36. The molecule has 0 aliphatic heterocycles. The van der Waals surface area contributed by atoms with Crippen LogP contribution in [0.2, 0.25) is 6.04 Å². The molecule has 1 heterocycles.